The molecule has 5 atom stereocenters. The standard InChI is InChI=1S/C40H40O5S/c1-6-16-31(17-7-1)26-41-30-36-37(42-27-32-18-8-2-9-19-32)38(43-28-33-20-10-3-11-21-33)39(44-29-34-22-12-4-13-23-34)40(45-36)46-35-24-14-5-15-25-35/h1-25,36-40H,26-30H2/t36-,37-,38-,39-,40-/m0/s1. The first-order valence-electron chi connectivity index (χ1n) is 15.8. The molecule has 1 heterocycles. The first-order chi connectivity index (χ1) is 22.8. The van der Waals surface area contributed by atoms with Gasteiger partial charge in [-0.25, -0.2) is 0 Å². The molecule has 0 spiro atoms. The van der Waals surface area contributed by atoms with Crippen molar-refractivity contribution < 1.29 is 23.7 Å². The third-order valence-corrected chi connectivity index (χ3v) is 8.99. The summed E-state index contributed by atoms with van der Waals surface area (Å²) in [7, 11) is 0. The van der Waals surface area contributed by atoms with Crippen molar-refractivity contribution >= 4 is 11.8 Å². The molecule has 46 heavy (non-hydrogen) atoms. The first-order valence-corrected chi connectivity index (χ1v) is 16.7. The van der Waals surface area contributed by atoms with Crippen LogP contribution in [0.2, 0.25) is 0 Å². The highest BCUT2D eigenvalue weighted by Gasteiger charge is 2.48. The van der Waals surface area contributed by atoms with Crippen molar-refractivity contribution in [2.24, 2.45) is 0 Å². The van der Waals surface area contributed by atoms with Gasteiger partial charge in [-0.1, -0.05) is 151 Å². The number of rotatable bonds is 15. The molecule has 6 rings (SSSR count). The largest absolute Gasteiger partial charge is 0.374 e. The molecule has 0 amide bonds. The molecule has 5 aromatic carbocycles. The summed E-state index contributed by atoms with van der Waals surface area (Å²) in [5.41, 5.74) is 3.99. The van der Waals surface area contributed by atoms with Crippen molar-refractivity contribution in [3.05, 3.63) is 174 Å². The summed E-state index contributed by atoms with van der Waals surface area (Å²) in [5.74, 6) is 0. The minimum atomic E-state index is -0.451. The van der Waals surface area contributed by atoms with Gasteiger partial charge in [-0.05, 0) is 34.4 Å². The Morgan fingerprint density at radius 2 is 0.826 bits per heavy atom. The zero-order chi connectivity index (χ0) is 31.2. The van der Waals surface area contributed by atoms with Crippen molar-refractivity contribution in [3.8, 4) is 0 Å². The third-order valence-electron chi connectivity index (χ3n) is 7.84. The molecule has 0 radical (unpaired) electrons. The van der Waals surface area contributed by atoms with Gasteiger partial charge in [0.25, 0.3) is 0 Å². The van der Waals surface area contributed by atoms with Gasteiger partial charge in [0, 0.05) is 4.90 Å². The summed E-state index contributed by atoms with van der Waals surface area (Å²) in [6.45, 7) is 2.08. The Labute approximate surface area is 276 Å². The Morgan fingerprint density at radius 1 is 0.435 bits per heavy atom. The van der Waals surface area contributed by atoms with E-state index in [1.165, 1.54) is 0 Å². The van der Waals surface area contributed by atoms with E-state index in [0.717, 1.165) is 27.1 Å². The maximum absolute atomic E-state index is 6.92. The van der Waals surface area contributed by atoms with Crippen molar-refractivity contribution in [1.82, 2.24) is 0 Å². The molecule has 0 N–H and O–H groups in total. The normalized spacial score (nSPS) is 21.2. The molecule has 0 aliphatic carbocycles. The average Bonchev–Trinajstić information content (AvgIpc) is 3.12. The minimum Gasteiger partial charge on any atom is -0.374 e. The first kappa shape index (κ1) is 32.2. The summed E-state index contributed by atoms with van der Waals surface area (Å²) in [5, 5.41) is 0. The van der Waals surface area contributed by atoms with Crippen molar-refractivity contribution in [2.45, 2.75) is 61.2 Å². The van der Waals surface area contributed by atoms with Crippen LogP contribution in [0.5, 0.6) is 0 Å². The van der Waals surface area contributed by atoms with Crippen LogP contribution in [0.25, 0.3) is 0 Å². The molecule has 1 aliphatic heterocycles. The molecule has 5 nitrogen and oxygen atoms in total. The Hall–Kier alpha value is -3.75. The van der Waals surface area contributed by atoms with E-state index in [1.54, 1.807) is 11.8 Å². The fourth-order valence-electron chi connectivity index (χ4n) is 5.48. The van der Waals surface area contributed by atoms with E-state index in [-0.39, 0.29) is 5.44 Å². The summed E-state index contributed by atoms with van der Waals surface area (Å²) in [6, 6.07) is 51.2. The van der Waals surface area contributed by atoms with Gasteiger partial charge in [0.1, 0.15) is 29.9 Å². The molecule has 0 saturated carbocycles. The van der Waals surface area contributed by atoms with E-state index in [2.05, 4.69) is 60.7 Å². The molecule has 0 aromatic heterocycles. The van der Waals surface area contributed by atoms with Crippen LogP contribution in [-0.2, 0) is 50.1 Å². The van der Waals surface area contributed by atoms with E-state index in [0.29, 0.717) is 33.0 Å². The monoisotopic (exact) mass is 632 g/mol. The number of hydrogen-bond donors (Lipinski definition) is 0. The molecular formula is C40H40O5S. The van der Waals surface area contributed by atoms with Gasteiger partial charge in [0.15, 0.2) is 0 Å². The highest BCUT2D eigenvalue weighted by Crippen LogP contribution is 2.38. The SMILES string of the molecule is c1ccc(COC[C@@H]2O[C@@H](Sc3ccccc3)[C@@H](OCc3ccccc3)[C@@H](OCc3ccccc3)[C@H]2OCc2ccccc2)cc1. The fraction of sp³-hybridized carbons (Fsp3) is 0.250. The van der Waals surface area contributed by atoms with Crippen molar-refractivity contribution in [2.75, 3.05) is 6.61 Å². The van der Waals surface area contributed by atoms with Gasteiger partial charge in [-0.15, -0.1) is 0 Å². The quantitative estimate of drug-likeness (QED) is 0.115. The molecule has 1 saturated heterocycles. The maximum Gasteiger partial charge on any atom is 0.137 e. The molecule has 0 bridgehead atoms. The second-order valence-corrected chi connectivity index (χ2v) is 12.4. The predicted octanol–water partition coefficient (Wildman–Crippen LogP) is 8.48. The lowest BCUT2D eigenvalue weighted by molar-refractivity contribution is -0.254. The van der Waals surface area contributed by atoms with Crippen LogP contribution in [0.15, 0.2) is 157 Å². The van der Waals surface area contributed by atoms with Gasteiger partial charge < -0.3 is 23.7 Å². The lowest BCUT2D eigenvalue weighted by Gasteiger charge is -2.46. The smallest absolute Gasteiger partial charge is 0.137 e. The van der Waals surface area contributed by atoms with E-state index in [4.69, 9.17) is 23.7 Å². The zero-order valence-electron chi connectivity index (χ0n) is 25.8. The molecule has 1 fully saturated rings. The van der Waals surface area contributed by atoms with Gasteiger partial charge in [0.05, 0.1) is 33.0 Å². The predicted molar refractivity (Wildman–Crippen MR) is 182 cm³/mol. The lowest BCUT2D eigenvalue weighted by atomic mass is 9.98. The lowest BCUT2D eigenvalue weighted by Crippen LogP contribution is -2.60. The van der Waals surface area contributed by atoms with Crippen LogP contribution in [0.3, 0.4) is 0 Å². The van der Waals surface area contributed by atoms with Crippen LogP contribution in [0, 0.1) is 0 Å². The maximum atomic E-state index is 6.92. The molecule has 5 aromatic rings. The number of hydrogen-bond acceptors (Lipinski definition) is 6. The second-order valence-electron chi connectivity index (χ2n) is 11.3. The zero-order valence-corrected chi connectivity index (χ0v) is 26.6. The molecule has 0 unspecified atom stereocenters. The van der Waals surface area contributed by atoms with Crippen molar-refractivity contribution in [1.29, 1.82) is 0 Å². The van der Waals surface area contributed by atoms with Crippen LogP contribution in [0.4, 0.5) is 0 Å². The molecule has 6 heteroatoms. The van der Waals surface area contributed by atoms with Crippen LogP contribution >= 0.6 is 11.8 Å². The topological polar surface area (TPSA) is 46.2 Å². The second kappa shape index (κ2) is 17.2. The average molecular weight is 633 g/mol. The Kier molecular flexibility index (Phi) is 12.1. The van der Waals surface area contributed by atoms with E-state index in [1.807, 2.05) is 91.0 Å². The summed E-state index contributed by atoms with van der Waals surface area (Å²) >= 11 is 1.64. The van der Waals surface area contributed by atoms with Gasteiger partial charge >= 0.3 is 0 Å². The van der Waals surface area contributed by atoms with Crippen LogP contribution < -0.4 is 0 Å². The number of ether oxygens (including phenoxy) is 5. The molecule has 236 valence electrons. The summed E-state index contributed by atoms with van der Waals surface area (Å²) in [6.07, 6.45) is -1.72. The highest BCUT2D eigenvalue weighted by atomic mass is 32.2. The number of thioether (sulfide) groups is 1. The highest BCUT2D eigenvalue weighted by molar-refractivity contribution is 7.99. The van der Waals surface area contributed by atoms with Crippen LogP contribution in [0.1, 0.15) is 22.3 Å². The van der Waals surface area contributed by atoms with Crippen molar-refractivity contribution in [3.63, 3.8) is 0 Å². The van der Waals surface area contributed by atoms with Gasteiger partial charge in [-0.2, -0.15) is 0 Å². The minimum absolute atomic E-state index is 0.344. The van der Waals surface area contributed by atoms with E-state index < -0.39 is 24.4 Å². The van der Waals surface area contributed by atoms with Gasteiger partial charge in [0.2, 0.25) is 0 Å². The Balaban J connectivity index is 1.31. The fourth-order valence-corrected chi connectivity index (χ4v) is 6.62. The summed E-state index contributed by atoms with van der Waals surface area (Å²) in [4.78, 5) is 1.09. The van der Waals surface area contributed by atoms with Crippen LogP contribution in [-0.4, -0.2) is 36.5 Å². The van der Waals surface area contributed by atoms with E-state index in [9.17, 15) is 0 Å². The Bertz CT molecular complexity index is 1540. The number of benzene rings is 5. The molecular weight excluding hydrogens is 593 g/mol. The third kappa shape index (κ3) is 9.39. The van der Waals surface area contributed by atoms with E-state index >= 15 is 0 Å². The Morgan fingerprint density at radius 3 is 1.30 bits per heavy atom. The summed E-state index contributed by atoms with van der Waals surface area (Å²) < 4.78 is 33.6. The van der Waals surface area contributed by atoms with Gasteiger partial charge in [-0.3, -0.25) is 0 Å². The molecule has 1 aliphatic rings.